The molecule has 0 unspecified atom stereocenters. The van der Waals surface area contributed by atoms with Crippen LogP contribution in [0.2, 0.25) is 0 Å². The number of carbonyl (C=O) groups is 1. The summed E-state index contributed by atoms with van der Waals surface area (Å²) in [6.45, 7) is 0. The van der Waals surface area contributed by atoms with Gasteiger partial charge in [-0.25, -0.2) is 4.79 Å². The van der Waals surface area contributed by atoms with Crippen LogP contribution >= 0.6 is 0 Å². The molecular weight excluding hydrogens is 192 g/mol. The number of esters is 1. The van der Waals surface area contributed by atoms with Gasteiger partial charge in [0, 0.05) is 11.8 Å². The zero-order chi connectivity index (χ0) is 11.3. The molecule has 0 fully saturated rings. The van der Waals surface area contributed by atoms with Crippen LogP contribution in [0, 0.1) is 11.3 Å². The first-order chi connectivity index (χ1) is 7.19. The molecule has 1 aromatic rings. The third-order valence-electron chi connectivity index (χ3n) is 1.82. The SMILES string of the molecule is COC(=O)c1cc(N)ccc1C=CC#N. The number of nitriles is 1. The zero-order valence-corrected chi connectivity index (χ0v) is 8.23. The quantitative estimate of drug-likeness (QED) is 0.449. The maximum absolute atomic E-state index is 11.4. The van der Waals surface area contributed by atoms with Gasteiger partial charge in [0.1, 0.15) is 0 Å². The van der Waals surface area contributed by atoms with E-state index in [0.29, 0.717) is 16.8 Å². The molecule has 0 aliphatic heterocycles. The molecule has 0 bridgehead atoms. The van der Waals surface area contributed by atoms with Crippen LogP contribution in [-0.2, 0) is 4.74 Å². The summed E-state index contributed by atoms with van der Waals surface area (Å²) in [6.07, 6.45) is 2.82. The topological polar surface area (TPSA) is 76.1 Å². The fourth-order valence-corrected chi connectivity index (χ4v) is 1.13. The first-order valence-electron chi connectivity index (χ1n) is 4.23. The summed E-state index contributed by atoms with van der Waals surface area (Å²) >= 11 is 0. The van der Waals surface area contributed by atoms with E-state index in [1.165, 1.54) is 25.3 Å². The number of nitrogens with two attached hydrogens (primary N) is 1. The summed E-state index contributed by atoms with van der Waals surface area (Å²) in [5.41, 5.74) is 6.99. The minimum atomic E-state index is -0.472. The van der Waals surface area contributed by atoms with Crippen molar-refractivity contribution < 1.29 is 9.53 Å². The number of nitrogen functional groups attached to an aromatic ring is 1. The van der Waals surface area contributed by atoms with E-state index in [0.717, 1.165) is 0 Å². The monoisotopic (exact) mass is 202 g/mol. The molecule has 1 rings (SSSR count). The third-order valence-corrected chi connectivity index (χ3v) is 1.82. The van der Waals surface area contributed by atoms with Crippen LogP contribution in [-0.4, -0.2) is 13.1 Å². The molecule has 0 atom stereocenters. The summed E-state index contributed by atoms with van der Waals surface area (Å²) in [5, 5.41) is 8.39. The molecule has 0 aliphatic rings. The highest BCUT2D eigenvalue weighted by Gasteiger charge is 2.09. The van der Waals surface area contributed by atoms with Crippen molar-refractivity contribution in [1.29, 1.82) is 5.26 Å². The predicted octanol–water partition coefficient (Wildman–Crippen LogP) is 1.59. The summed E-state index contributed by atoms with van der Waals surface area (Å²) in [4.78, 5) is 11.4. The molecule has 0 radical (unpaired) electrons. The van der Waals surface area contributed by atoms with Gasteiger partial charge >= 0.3 is 5.97 Å². The van der Waals surface area contributed by atoms with E-state index in [1.54, 1.807) is 12.1 Å². The maximum Gasteiger partial charge on any atom is 0.338 e. The van der Waals surface area contributed by atoms with Gasteiger partial charge in [0.2, 0.25) is 0 Å². The molecule has 2 N–H and O–H groups in total. The second kappa shape index (κ2) is 4.82. The van der Waals surface area contributed by atoms with Gasteiger partial charge < -0.3 is 10.5 Å². The molecule has 0 aliphatic carbocycles. The summed E-state index contributed by atoms with van der Waals surface area (Å²) < 4.78 is 4.60. The van der Waals surface area contributed by atoms with Crippen molar-refractivity contribution in [2.75, 3.05) is 12.8 Å². The molecular formula is C11H10N2O2. The van der Waals surface area contributed by atoms with E-state index in [2.05, 4.69) is 4.74 Å². The molecule has 0 heterocycles. The first-order valence-corrected chi connectivity index (χ1v) is 4.23. The largest absolute Gasteiger partial charge is 0.465 e. The number of benzene rings is 1. The van der Waals surface area contributed by atoms with E-state index in [1.807, 2.05) is 6.07 Å². The lowest BCUT2D eigenvalue weighted by Gasteiger charge is -2.04. The minimum Gasteiger partial charge on any atom is -0.465 e. The smallest absolute Gasteiger partial charge is 0.338 e. The molecule has 1 aromatic carbocycles. The fraction of sp³-hybridized carbons (Fsp3) is 0.0909. The molecule has 0 amide bonds. The Bertz CT molecular complexity index is 444. The summed E-state index contributed by atoms with van der Waals surface area (Å²) in [5.74, 6) is -0.472. The van der Waals surface area contributed by atoms with Gasteiger partial charge in [-0.1, -0.05) is 6.07 Å². The van der Waals surface area contributed by atoms with Gasteiger partial charge in [0.05, 0.1) is 18.7 Å². The van der Waals surface area contributed by atoms with E-state index >= 15 is 0 Å². The molecule has 4 nitrogen and oxygen atoms in total. The lowest BCUT2D eigenvalue weighted by atomic mass is 10.1. The Labute approximate surface area is 87.6 Å². The predicted molar refractivity (Wildman–Crippen MR) is 56.8 cm³/mol. The zero-order valence-electron chi connectivity index (χ0n) is 8.23. The Morgan fingerprint density at radius 3 is 2.93 bits per heavy atom. The van der Waals surface area contributed by atoms with Gasteiger partial charge in [0.25, 0.3) is 0 Å². The van der Waals surface area contributed by atoms with Crippen molar-refractivity contribution in [2.24, 2.45) is 0 Å². The fourth-order valence-electron chi connectivity index (χ4n) is 1.13. The Balaban J connectivity index is 3.21. The highest BCUT2D eigenvalue weighted by Crippen LogP contribution is 2.16. The van der Waals surface area contributed by atoms with Crippen molar-refractivity contribution in [3.8, 4) is 6.07 Å². The highest BCUT2D eigenvalue weighted by atomic mass is 16.5. The Morgan fingerprint density at radius 2 is 2.33 bits per heavy atom. The number of hydrogen-bond donors (Lipinski definition) is 1. The van der Waals surface area contributed by atoms with Crippen LogP contribution < -0.4 is 5.73 Å². The highest BCUT2D eigenvalue weighted by molar-refractivity contribution is 5.94. The Hall–Kier alpha value is -2.28. The average Bonchev–Trinajstić information content (AvgIpc) is 2.26. The van der Waals surface area contributed by atoms with E-state index in [-0.39, 0.29) is 0 Å². The van der Waals surface area contributed by atoms with E-state index in [9.17, 15) is 4.79 Å². The molecule has 4 heteroatoms. The lowest BCUT2D eigenvalue weighted by molar-refractivity contribution is 0.0600. The summed E-state index contributed by atoms with van der Waals surface area (Å²) in [6, 6.07) is 6.69. The van der Waals surface area contributed by atoms with Crippen LogP contribution in [0.4, 0.5) is 5.69 Å². The van der Waals surface area contributed by atoms with Gasteiger partial charge in [0.15, 0.2) is 0 Å². The number of allylic oxidation sites excluding steroid dienone is 1. The van der Waals surface area contributed by atoms with Crippen molar-refractivity contribution in [1.82, 2.24) is 0 Å². The number of hydrogen-bond acceptors (Lipinski definition) is 4. The second-order valence-corrected chi connectivity index (χ2v) is 2.80. The number of rotatable bonds is 2. The van der Waals surface area contributed by atoms with Crippen molar-refractivity contribution >= 4 is 17.7 Å². The molecule has 0 saturated carbocycles. The van der Waals surface area contributed by atoms with Crippen molar-refractivity contribution in [2.45, 2.75) is 0 Å². The lowest BCUT2D eigenvalue weighted by Crippen LogP contribution is -2.04. The summed E-state index contributed by atoms with van der Waals surface area (Å²) in [7, 11) is 1.29. The number of ether oxygens (including phenoxy) is 1. The maximum atomic E-state index is 11.4. The molecule has 0 spiro atoms. The van der Waals surface area contributed by atoms with E-state index < -0.39 is 5.97 Å². The van der Waals surface area contributed by atoms with Gasteiger partial charge in [-0.15, -0.1) is 0 Å². The number of nitrogens with zero attached hydrogens (tertiary/aromatic N) is 1. The van der Waals surface area contributed by atoms with Crippen LogP contribution in [0.15, 0.2) is 24.3 Å². The molecule has 76 valence electrons. The number of anilines is 1. The molecule has 15 heavy (non-hydrogen) atoms. The van der Waals surface area contributed by atoms with Crippen LogP contribution in [0.25, 0.3) is 6.08 Å². The number of methoxy groups -OCH3 is 1. The van der Waals surface area contributed by atoms with Crippen LogP contribution in [0.1, 0.15) is 15.9 Å². The number of carbonyl (C=O) groups excluding carboxylic acids is 1. The minimum absolute atomic E-state index is 0.351. The first kappa shape index (κ1) is 10.8. The van der Waals surface area contributed by atoms with Gasteiger partial charge in [-0.3, -0.25) is 0 Å². The average molecular weight is 202 g/mol. The molecule has 0 aromatic heterocycles. The van der Waals surface area contributed by atoms with Crippen molar-refractivity contribution in [3.63, 3.8) is 0 Å². The normalized spacial score (nSPS) is 9.87. The standard InChI is InChI=1S/C11H10N2O2/c1-15-11(14)10-7-9(13)5-4-8(10)3-2-6-12/h2-5,7H,13H2,1H3. The second-order valence-electron chi connectivity index (χ2n) is 2.80. The molecule has 0 saturated heterocycles. The Morgan fingerprint density at radius 1 is 1.60 bits per heavy atom. The third kappa shape index (κ3) is 2.58. The van der Waals surface area contributed by atoms with Crippen LogP contribution in [0.3, 0.4) is 0 Å². The van der Waals surface area contributed by atoms with Gasteiger partial charge in [-0.05, 0) is 23.8 Å². The Kier molecular flexibility index (Phi) is 3.47. The van der Waals surface area contributed by atoms with Crippen molar-refractivity contribution in [3.05, 3.63) is 35.4 Å². The van der Waals surface area contributed by atoms with E-state index in [4.69, 9.17) is 11.0 Å². The van der Waals surface area contributed by atoms with Gasteiger partial charge in [-0.2, -0.15) is 5.26 Å². The van der Waals surface area contributed by atoms with Crippen LogP contribution in [0.5, 0.6) is 0 Å².